The number of nitrogens with one attached hydrogen (secondary N) is 1. The van der Waals surface area contributed by atoms with Crippen LogP contribution in [0.3, 0.4) is 0 Å². The summed E-state index contributed by atoms with van der Waals surface area (Å²) in [5.41, 5.74) is 1.63. The quantitative estimate of drug-likeness (QED) is 0.639. The molecule has 3 aromatic rings. The van der Waals surface area contributed by atoms with Crippen molar-refractivity contribution in [1.29, 1.82) is 0 Å². The van der Waals surface area contributed by atoms with Gasteiger partial charge in [0.2, 0.25) is 17.6 Å². The number of hydrogen-bond acceptors (Lipinski definition) is 7. The van der Waals surface area contributed by atoms with Gasteiger partial charge in [0.1, 0.15) is 11.5 Å². The van der Waals surface area contributed by atoms with Crippen molar-refractivity contribution in [3.8, 4) is 22.9 Å². The molecule has 2 heterocycles. The Morgan fingerprint density at radius 1 is 1.25 bits per heavy atom. The van der Waals surface area contributed by atoms with Crippen LogP contribution in [0, 0.1) is 0 Å². The van der Waals surface area contributed by atoms with Crippen molar-refractivity contribution in [3.63, 3.8) is 0 Å². The van der Waals surface area contributed by atoms with Crippen LogP contribution in [0.2, 0.25) is 0 Å². The average molecular weight is 382 g/mol. The summed E-state index contributed by atoms with van der Waals surface area (Å²) in [5.74, 6) is 2.10. The predicted octanol–water partition coefficient (Wildman–Crippen LogP) is 2.96. The zero-order valence-corrected chi connectivity index (χ0v) is 16.0. The van der Waals surface area contributed by atoms with Crippen LogP contribution in [0.1, 0.15) is 30.8 Å². The monoisotopic (exact) mass is 382 g/mol. The zero-order chi connectivity index (χ0) is 19.9. The molecule has 3 rings (SSSR count). The first-order chi connectivity index (χ1) is 13.6. The summed E-state index contributed by atoms with van der Waals surface area (Å²) >= 11 is 0. The predicted molar refractivity (Wildman–Crippen MR) is 102 cm³/mol. The van der Waals surface area contributed by atoms with Crippen molar-refractivity contribution < 1.29 is 18.8 Å². The number of rotatable bonds is 8. The number of aryl methyl sites for hydroxylation is 1. The molecule has 0 aliphatic carbocycles. The Hall–Kier alpha value is -3.42. The molecule has 8 nitrogen and oxygen atoms in total. The summed E-state index contributed by atoms with van der Waals surface area (Å²) in [7, 11) is 3.18. The number of aromatic nitrogens is 3. The van der Waals surface area contributed by atoms with Gasteiger partial charge in [0.05, 0.1) is 20.3 Å². The smallest absolute Gasteiger partial charge is 0.227 e. The number of carbonyl (C=O) groups is 1. The largest absolute Gasteiger partial charge is 0.497 e. The molecule has 0 bridgehead atoms. The van der Waals surface area contributed by atoms with Crippen LogP contribution in [0.4, 0.5) is 0 Å². The Bertz CT molecular complexity index is 927. The minimum absolute atomic E-state index is 0.119. The third-order valence-corrected chi connectivity index (χ3v) is 4.24. The van der Waals surface area contributed by atoms with Crippen LogP contribution in [-0.4, -0.2) is 35.3 Å². The van der Waals surface area contributed by atoms with Crippen LogP contribution in [0.25, 0.3) is 11.4 Å². The SMILES string of the molecule is COc1ccc(C(C)NC(=O)CCc2nc(-c3cccnc3)no2)c(OC)c1. The lowest BCUT2D eigenvalue weighted by Crippen LogP contribution is -2.27. The van der Waals surface area contributed by atoms with E-state index in [0.29, 0.717) is 29.6 Å². The van der Waals surface area contributed by atoms with E-state index in [1.54, 1.807) is 38.7 Å². The van der Waals surface area contributed by atoms with Crippen molar-refractivity contribution >= 4 is 5.91 Å². The molecule has 2 aromatic heterocycles. The molecule has 0 aliphatic rings. The molecule has 0 aliphatic heterocycles. The van der Waals surface area contributed by atoms with Gasteiger partial charge in [0.25, 0.3) is 0 Å². The van der Waals surface area contributed by atoms with Gasteiger partial charge in [0, 0.05) is 42.4 Å². The number of amides is 1. The highest BCUT2D eigenvalue weighted by molar-refractivity contribution is 5.76. The first-order valence-corrected chi connectivity index (χ1v) is 8.85. The number of pyridine rings is 1. The lowest BCUT2D eigenvalue weighted by molar-refractivity contribution is -0.121. The molecular formula is C20H22N4O4. The molecular weight excluding hydrogens is 360 g/mol. The third kappa shape index (κ3) is 4.64. The first kappa shape index (κ1) is 19.3. The molecule has 146 valence electrons. The van der Waals surface area contributed by atoms with Crippen molar-refractivity contribution in [2.24, 2.45) is 0 Å². The molecule has 8 heteroatoms. The Morgan fingerprint density at radius 3 is 2.82 bits per heavy atom. The van der Waals surface area contributed by atoms with E-state index in [4.69, 9.17) is 14.0 Å². The number of methoxy groups -OCH3 is 2. The average Bonchev–Trinajstić information content (AvgIpc) is 3.21. The minimum atomic E-state index is -0.220. The van der Waals surface area contributed by atoms with E-state index in [2.05, 4.69) is 20.4 Å². The molecule has 0 radical (unpaired) electrons. The Kier molecular flexibility index (Phi) is 6.21. The lowest BCUT2D eigenvalue weighted by Gasteiger charge is -2.18. The number of carbonyl (C=O) groups excluding carboxylic acids is 1. The van der Waals surface area contributed by atoms with Crippen molar-refractivity contribution in [2.45, 2.75) is 25.8 Å². The summed E-state index contributed by atoms with van der Waals surface area (Å²) in [6, 6.07) is 8.92. The standard InChI is InChI=1S/C20H22N4O4/c1-13(16-7-6-15(26-2)11-17(16)27-3)22-18(25)8-9-19-23-20(24-28-19)14-5-4-10-21-12-14/h4-7,10-13H,8-9H2,1-3H3,(H,22,25). The summed E-state index contributed by atoms with van der Waals surface area (Å²) in [5, 5.41) is 6.88. The third-order valence-electron chi connectivity index (χ3n) is 4.24. The highest BCUT2D eigenvalue weighted by atomic mass is 16.5. The fourth-order valence-electron chi connectivity index (χ4n) is 2.76. The van der Waals surface area contributed by atoms with Crippen molar-refractivity contribution in [1.82, 2.24) is 20.4 Å². The number of hydrogen-bond donors (Lipinski definition) is 1. The maximum atomic E-state index is 12.3. The van der Waals surface area contributed by atoms with E-state index in [1.807, 2.05) is 25.1 Å². The van der Waals surface area contributed by atoms with Crippen LogP contribution in [-0.2, 0) is 11.2 Å². The molecule has 0 saturated heterocycles. The molecule has 1 unspecified atom stereocenters. The van der Waals surface area contributed by atoms with E-state index in [0.717, 1.165) is 11.1 Å². The van der Waals surface area contributed by atoms with Gasteiger partial charge in [-0.3, -0.25) is 9.78 Å². The van der Waals surface area contributed by atoms with E-state index in [9.17, 15) is 4.79 Å². The maximum Gasteiger partial charge on any atom is 0.227 e. The fourth-order valence-corrected chi connectivity index (χ4v) is 2.76. The van der Waals surface area contributed by atoms with E-state index < -0.39 is 0 Å². The van der Waals surface area contributed by atoms with Crippen LogP contribution >= 0.6 is 0 Å². The number of ether oxygens (including phenoxy) is 2. The van der Waals surface area contributed by atoms with Gasteiger partial charge in [-0.15, -0.1) is 0 Å². The van der Waals surface area contributed by atoms with E-state index >= 15 is 0 Å². The molecule has 1 amide bonds. The highest BCUT2D eigenvalue weighted by Gasteiger charge is 2.16. The fraction of sp³-hybridized carbons (Fsp3) is 0.300. The van der Waals surface area contributed by atoms with Gasteiger partial charge in [-0.05, 0) is 31.2 Å². The van der Waals surface area contributed by atoms with E-state index in [1.165, 1.54) is 0 Å². The lowest BCUT2D eigenvalue weighted by atomic mass is 10.1. The zero-order valence-electron chi connectivity index (χ0n) is 16.0. The van der Waals surface area contributed by atoms with Gasteiger partial charge in [0.15, 0.2) is 0 Å². The number of nitrogens with zero attached hydrogens (tertiary/aromatic N) is 3. The molecule has 1 aromatic carbocycles. The molecule has 28 heavy (non-hydrogen) atoms. The molecule has 0 spiro atoms. The van der Waals surface area contributed by atoms with Crippen LogP contribution in [0.15, 0.2) is 47.2 Å². The second-order valence-electron chi connectivity index (χ2n) is 6.15. The maximum absolute atomic E-state index is 12.3. The summed E-state index contributed by atoms with van der Waals surface area (Å²) < 4.78 is 15.8. The number of benzene rings is 1. The molecule has 0 saturated carbocycles. The van der Waals surface area contributed by atoms with Gasteiger partial charge in [-0.1, -0.05) is 5.16 Å². The Morgan fingerprint density at radius 2 is 2.11 bits per heavy atom. The molecule has 1 atom stereocenters. The summed E-state index contributed by atoms with van der Waals surface area (Å²) in [6.45, 7) is 1.90. The van der Waals surface area contributed by atoms with Crippen LogP contribution < -0.4 is 14.8 Å². The van der Waals surface area contributed by atoms with Gasteiger partial charge in [-0.25, -0.2) is 0 Å². The van der Waals surface area contributed by atoms with Crippen molar-refractivity contribution in [2.75, 3.05) is 14.2 Å². The Labute approximate surface area is 162 Å². The van der Waals surface area contributed by atoms with Crippen molar-refractivity contribution in [3.05, 3.63) is 54.2 Å². The Balaban J connectivity index is 1.57. The minimum Gasteiger partial charge on any atom is -0.497 e. The van der Waals surface area contributed by atoms with Gasteiger partial charge >= 0.3 is 0 Å². The molecule has 1 N–H and O–H groups in total. The summed E-state index contributed by atoms with van der Waals surface area (Å²) in [6.07, 6.45) is 3.92. The van der Waals surface area contributed by atoms with Gasteiger partial charge < -0.3 is 19.3 Å². The second-order valence-corrected chi connectivity index (χ2v) is 6.15. The first-order valence-electron chi connectivity index (χ1n) is 8.85. The molecule has 0 fully saturated rings. The highest BCUT2D eigenvalue weighted by Crippen LogP contribution is 2.29. The van der Waals surface area contributed by atoms with E-state index in [-0.39, 0.29) is 18.4 Å². The topological polar surface area (TPSA) is 99.4 Å². The van der Waals surface area contributed by atoms with Gasteiger partial charge in [-0.2, -0.15) is 4.98 Å². The second kappa shape index (κ2) is 8.98. The normalized spacial score (nSPS) is 11.7. The summed E-state index contributed by atoms with van der Waals surface area (Å²) in [4.78, 5) is 20.7. The van der Waals surface area contributed by atoms with Crippen LogP contribution in [0.5, 0.6) is 11.5 Å².